The second-order valence-corrected chi connectivity index (χ2v) is 2.74. The van der Waals surface area contributed by atoms with Crippen LogP contribution in [0.3, 0.4) is 0 Å². The first-order valence-electron chi connectivity index (χ1n) is 4.20. The summed E-state index contributed by atoms with van der Waals surface area (Å²) in [4.78, 5) is 22.2. The van der Waals surface area contributed by atoms with E-state index in [9.17, 15) is 9.59 Å². The number of rotatable bonds is 3. The molecule has 1 aromatic carbocycles. The van der Waals surface area contributed by atoms with Crippen molar-refractivity contribution in [2.24, 2.45) is 0 Å². The highest BCUT2D eigenvalue weighted by molar-refractivity contribution is 6.04. The van der Waals surface area contributed by atoms with Gasteiger partial charge in [-0.1, -0.05) is 18.1 Å². The molecule has 0 saturated carbocycles. The van der Waals surface area contributed by atoms with Crippen LogP contribution in [0.5, 0.6) is 0 Å². The van der Waals surface area contributed by atoms with E-state index in [1.807, 2.05) is 0 Å². The summed E-state index contributed by atoms with van der Waals surface area (Å²) in [6, 6.07) is 5.96. The van der Waals surface area contributed by atoms with Crippen molar-refractivity contribution in [2.75, 3.05) is 6.54 Å². The van der Waals surface area contributed by atoms with Crippen molar-refractivity contribution in [3.8, 4) is 12.3 Å². The first kappa shape index (κ1) is 10.8. The van der Waals surface area contributed by atoms with E-state index in [0.29, 0.717) is 0 Å². The minimum atomic E-state index is -1.14. The third-order valence-electron chi connectivity index (χ3n) is 1.75. The fourth-order valence-electron chi connectivity index (χ4n) is 1.09. The summed E-state index contributed by atoms with van der Waals surface area (Å²) in [7, 11) is 0. The number of aromatic carboxylic acids is 1. The molecule has 0 fully saturated rings. The molecule has 0 heterocycles. The summed E-state index contributed by atoms with van der Waals surface area (Å²) in [6.07, 6.45) is 4.97. The van der Waals surface area contributed by atoms with Gasteiger partial charge in [0.05, 0.1) is 17.7 Å². The Kier molecular flexibility index (Phi) is 3.47. The molecular weight excluding hydrogens is 194 g/mol. The summed E-state index contributed by atoms with van der Waals surface area (Å²) < 4.78 is 0. The van der Waals surface area contributed by atoms with Crippen LogP contribution in [0, 0.1) is 12.3 Å². The maximum atomic E-state index is 11.5. The molecule has 15 heavy (non-hydrogen) atoms. The average molecular weight is 203 g/mol. The lowest BCUT2D eigenvalue weighted by Crippen LogP contribution is -2.25. The van der Waals surface area contributed by atoms with Gasteiger partial charge in [-0.3, -0.25) is 4.79 Å². The molecule has 0 saturated heterocycles. The SMILES string of the molecule is C#CCNC(=O)c1ccccc1C(=O)O. The molecule has 0 aliphatic heterocycles. The van der Waals surface area contributed by atoms with Crippen LogP contribution in [-0.4, -0.2) is 23.5 Å². The molecule has 1 aromatic rings. The zero-order valence-electron chi connectivity index (χ0n) is 7.86. The van der Waals surface area contributed by atoms with Gasteiger partial charge in [-0.05, 0) is 12.1 Å². The van der Waals surface area contributed by atoms with Crippen LogP contribution in [0.2, 0.25) is 0 Å². The lowest BCUT2D eigenvalue weighted by Gasteiger charge is -2.04. The van der Waals surface area contributed by atoms with Gasteiger partial charge in [0, 0.05) is 0 Å². The number of benzene rings is 1. The van der Waals surface area contributed by atoms with Gasteiger partial charge in [-0.2, -0.15) is 0 Å². The molecule has 0 aromatic heterocycles. The summed E-state index contributed by atoms with van der Waals surface area (Å²) in [5, 5.41) is 11.2. The standard InChI is InChI=1S/C11H9NO3/c1-2-7-12-10(13)8-5-3-4-6-9(8)11(14)15/h1,3-6H,7H2,(H,12,13)(H,14,15). The molecular formula is C11H9NO3. The van der Waals surface area contributed by atoms with Crippen molar-refractivity contribution in [3.05, 3.63) is 35.4 Å². The number of carboxylic acids is 1. The van der Waals surface area contributed by atoms with E-state index < -0.39 is 11.9 Å². The number of nitrogens with one attached hydrogen (secondary N) is 1. The van der Waals surface area contributed by atoms with Crippen molar-refractivity contribution >= 4 is 11.9 Å². The summed E-state index contributed by atoms with van der Waals surface area (Å²) >= 11 is 0. The van der Waals surface area contributed by atoms with E-state index in [1.54, 1.807) is 12.1 Å². The minimum absolute atomic E-state index is 0.0352. The summed E-state index contributed by atoms with van der Waals surface area (Å²) in [5.74, 6) is 0.620. The fourth-order valence-corrected chi connectivity index (χ4v) is 1.09. The third-order valence-corrected chi connectivity index (χ3v) is 1.75. The van der Waals surface area contributed by atoms with Gasteiger partial charge in [-0.25, -0.2) is 4.79 Å². The number of amides is 1. The number of carboxylic acid groups (broad SMARTS) is 1. The maximum Gasteiger partial charge on any atom is 0.336 e. The number of carbonyl (C=O) groups excluding carboxylic acids is 1. The van der Waals surface area contributed by atoms with Gasteiger partial charge in [0.2, 0.25) is 0 Å². The van der Waals surface area contributed by atoms with Crippen LogP contribution < -0.4 is 5.32 Å². The lowest BCUT2D eigenvalue weighted by molar-refractivity contribution is 0.0691. The Morgan fingerprint density at radius 2 is 1.93 bits per heavy atom. The molecule has 4 nitrogen and oxygen atoms in total. The normalized spacial score (nSPS) is 9.00. The predicted molar refractivity (Wildman–Crippen MR) is 54.6 cm³/mol. The molecule has 0 bridgehead atoms. The number of hydrogen-bond acceptors (Lipinski definition) is 2. The van der Waals surface area contributed by atoms with Crippen molar-refractivity contribution in [3.63, 3.8) is 0 Å². The highest BCUT2D eigenvalue weighted by Crippen LogP contribution is 2.08. The molecule has 1 amide bonds. The Morgan fingerprint density at radius 1 is 1.33 bits per heavy atom. The van der Waals surface area contributed by atoms with E-state index in [1.165, 1.54) is 12.1 Å². The highest BCUT2D eigenvalue weighted by Gasteiger charge is 2.14. The van der Waals surface area contributed by atoms with Crippen molar-refractivity contribution < 1.29 is 14.7 Å². The smallest absolute Gasteiger partial charge is 0.336 e. The number of hydrogen-bond donors (Lipinski definition) is 2. The van der Waals surface area contributed by atoms with Crippen molar-refractivity contribution in [1.82, 2.24) is 5.32 Å². The number of terminal acetylenes is 1. The lowest BCUT2D eigenvalue weighted by atomic mass is 10.1. The first-order chi connectivity index (χ1) is 7.16. The molecule has 0 spiro atoms. The molecule has 2 N–H and O–H groups in total. The van der Waals surface area contributed by atoms with Gasteiger partial charge < -0.3 is 10.4 Å². The zero-order chi connectivity index (χ0) is 11.3. The third kappa shape index (κ3) is 2.58. The zero-order valence-corrected chi connectivity index (χ0v) is 7.86. The summed E-state index contributed by atoms with van der Waals surface area (Å²) in [6.45, 7) is 0.0762. The Labute approximate surface area is 86.9 Å². The topological polar surface area (TPSA) is 66.4 Å². The molecule has 76 valence electrons. The monoisotopic (exact) mass is 203 g/mol. The Hall–Kier alpha value is -2.28. The van der Waals surface area contributed by atoms with Crippen LogP contribution >= 0.6 is 0 Å². The van der Waals surface area contributed by atoms with E-state index in [-0.39, 0.29) is 17.7 Å². The highest BCUT2D eigenvalue weighted by atomic mass is 16.4. The van der Waals surface area contributed by atoms with Crippen LogP contribution in [0.25, 0.3) is 0 Å². The number of carbonyl (C=O) groups is 2. The van der Waals surface area contributed by atoms with E-state index >= 15 is 0 Å². The van der Waals surface area contributed by atoms with E-state index in [0.717, 1.165) is 0 Å². The van der Waals surface area contributed by atoms with Gasteiger partial charge in [0.1, 0.15) is 0 Å². The molecule has 0 aliphatic rings. The van der Waals surface area contributed by atoms with Crippen LogP contribution in [0.4, 0.5) is 0 Å². The molecule has 4 heteroatoms. The van der Waals surface area contributed by atoms with Crippen LogP contribution in [-0.2, 0) is 0 Å². The first-order valence-corrected chi connectivity index (χ1v) is 4.20. The largest absolute Gasteiger partial charge is 0.478 e. The Bertz CT molecular complexity index is 432. The van der Waals surface area contributed by atoms with Gasteiger partial charge in [0.15, 0.2) is 0 Å². The fraction of sp³-hybridized carbons (Fsp3) is 0.0909. The van der Waals surface area contributed by atoms with E-state index in [4.69, 9.17) is 11.5 Å². The molecule has 0 atom stereocenters. The van der Waals surface area contributed by atoms with E-state index in [2.05, 4.69) is 11.2 Å². The second-order valence-electron chi connectivity index (χ2n) is 2.74. The summed E-state index contributed by atoms with van der Waals surface area (Å²) in [5.41, 5.74) is 0.0762. The van der Waals surface area contributed by atoms with Gasteiger partial charge in [0.25, 0.3) is 5.91 Å². The second kappa shape index (κ2) is 4.82. The Balaban J connectivity index is 2.98. The van der Waals surface area contributed by atoms with Gasteiger partial charge >= 0.3 is 5.97 Å². The molecule has 0 aliphatic carbocycles. The van der Waals surface area contributed by atoms with Crippen LogP contribution in [0.15, 0.2) is 24.3 Å². The molecule has 1 rings (SSSR count). The predicted octanol–water partition coefficient (Wildman–Crippen LogP) is 0.748. The molecule has 0 unspecified atom stereocenters. The van der Waals surface area contributed by atoms with Gasteiger partial charge in [-0.15, -0.1) is 6.42 Å². The Morgan fingerprint density at radius 3 is 2.47 bits per heavy atom. The quantitative estimate of drug-likeness (QED) is 0.712. The van der Waals surface area contributed by atoms with Crippen molar-refractivity contribution in [1.29, 1.82) is 0 Å². The van der Waals surface area contributed by atoms with Crippen molar-refractivity contribution in [2.45, 2.75) is 0 Å². The molecule has 0 radical (unpaired) electrons. The van der Waals surface area contributed by atoms with Crippen LogP contribution in [0.1, 0.15) is 20.7 Å². The minimum Gasteiger partial charge on any atom is -0.478 e. The average Bonchev–Trinajstić information content (AvgIpc) is 2.25. The maximum absolute atomic E-state index is 11.5.